The van der Waals surface area contributed by atoms with Crippen molar-refractivity contribution >= 4 is 17.4 Å². The minimum absolute atomic E-state index is 0.338. The van der Waals surface area contributed by atoms with Gasteiger partial charge >= 0.3 is 5.97 Å². The molecule has 0 saturated carbocycles. The van der Waals surface area contributed by atoms with Crippen molar-refractivity contribution < 1.29 is 9.53 Å². The van der Waals surface area contributed by atoms with E-state index in [-0.39, 0.29) is 5.97 Å². The fraction of sp³-hybridized carbons (Fsp3) is 0.353. The van der Waals surface area contributed by atoms with E-state index >= 15 is 0 Å². The van der Waals surface area contributed by atoms with Gasteiger partial charge in [0.25, 0.3) is 0 Å². The molecule has 0 radical (unpaired) electrons. The second kappa shape index (κ2) is 6.84. The van der Waals surface area contributed by atoms with Gasteiger partial charge in [-0.05, 0) is 48.9 Å². The molecule has 3 rings (SSSR count). The Balaban J connectivity index is 1.82. The van der Waals surface area contributed by atoms with E-state index in [1.807, 2.05) is 51.1 Å². The molecule has 8 nitrogen and oxygen atoms in total. The van der Waals surface area contributed by atoms with Crippen LogP contribution in [0.1, 0.15) is 26.3 Å². The number of hydrogen-bond donors (Lipinski definition) is 1. The topological polar surface area (TPSA) is 94.3 Å². The van der Waals surface area contributed by atoms with Crippen molar-refractivity contribution in [2.45, 2.75) is 38.8 Å². The Morgan fingerprint density at radius 1 is 1.20 bits per heavy atom. The third-order valence-electron chi connectivity index (χ3n) is 3.37. The van der Waals surface area contributed by atoms with Gasteiger partial charge < -0.3 is 10.1 Å². The predicted molar refractivity (Wildman–Crippen MR) is 92.0 cm³/mol. The molecule has 25 heavy (non-hydrogen) atoms. The number of hydrogen-bond acceptors (Lipinski definition) is 7. The summed E-state index contributed by atoms with van der Waals surface area (Å²) in [6.07, 6.45) is 0.477. The molecule has 0 spiro atoms. The number of anilines is 1. The molecule has 1 aromatic carbocycles. The van der Waals surface area contributed by atoms with Gasteiger partial charge in [-0.2, -0.15) is 0 Å². The van der Waals surface area contributed by atoms with Gasteiger partial charge in [0.05, 0.1) is 0 Å². The van der Waals surface area contributed by atoms with Crippen molar-refractivity contribution in [2.24, 2.45) is 0 Å². The van der Waals surface area contributed by atoms with Gasteiger partial charge in [-0.15, -0.1) is 14.8 Å². The second-order valence-corrected chi connectivity index (χ2v) is 6.67. The number of ether oxygens (including phenoxy) is 1. The van der Waals surface area contributed by atoms with E-state index in [0.29, 0.717) is 17.9 Å². The summed E-state index contributed by atoms with van der Waals surface area (Å²) in [5.41, 5.74) is 0.984. The molecule has 2 heterocycles. The first kappa shape index (κ1) is 16.8. The van der Waals surface area contributed by atoms with Crippen molar-refractivity contribution in [1.29, 1.82) is 0 Å². The lowest BCUT2D eigenvalue weighted by molar-refractivity contribution is -0.155. The molecule has 0 bridgehead atoms. The molecular weight excluding hydrogens is 320 g/mol. The Kier molecular flexibility index (Phi) is 4.60. The summed E-state index contributed by atoms with van der Waals surface area (Å²) in [5.74, 6) is 0.154. The quantitative estimate of drug-likeness (QED) is 0.709. The summed E-state index contributed by atoms with van der Waals surface area (Å²) < 4.78 is 6.84. The predicted octanol–water partition coefficient (Wildman–Crippen LogP) is 1.88. The van der Waals surface area contributed by atoms with Crippen molar-refractivity contribution in [3.63, 3.8) is 0 Å². The van der Waals surface area contributed by atoms with E-state index in [2.05, 4.69) is 25.9 Å². The first-order valence-corrected chi connectivity index (χ1v) is 7.99. The molecule has 1 N–H and O–H groups in total. The molecule has 1 unspecified atom stereocenters. The SMILES string of the molecule is CC(C)(C)OC(=O)C(Cc1ccccc1)Nc1ccc2nnnn2n1. The van der Waals surface area contributed by atoms with Crippen LogP contribution in [0, 0.1) is 0 Å². The third kappa shape index (κ3) is 4.50. The Labute approximate surface area is 145 Å². The van der Waals surface area contributed by atoms with E-state index in [0.717, 1.165) is 5.56 Å². The van der Waals surface area contributed by atoms with Gasteiger partial charge in [0.15, 0.2) is 5.65 Å². The molecule has 0 saturated heterocycles. The number of carbonyl (C=O) groups is 1. The van der Waals surface area contributed by atoms with Crippen LogP contribution in [0.5, 0.6) is 0 Å². The van der Waals surface area contributed by atoms with Gasteiger partial charge in [-0.1, -0.05) is 30.3 Å². The molecule has 2 aromatic heterocycles. The van der Waals surface area contributed by atoms with Crippen LogP contribution in [0.25, 0.3) is 5.65 Å². The maximum absolute atomic E-state index is 12.6. The highest BCUT2D eigenvalue weighted by Gasteiger charge is 2.26. The average molecular weight is 340 g/mol. The number of benzene rings is 1. The standard InChI is InChI=1S/C17H20N6O2/c1-17(2,3)25-16(24)13(11-12-7-5-4-6-8-12)18-14-9-10-15-19-21-22-23(15)20-14/h4-10,13H,11H2,1-3H3,(H,18,20). The number of tetrazole rings is 1. The van der Waals surface area contributed by atoms with Crippen molar-refractivity contribution in [1.82, 2.24) is 25.3 Å². The Morgan fingerprint density at radius 2 is 1.96 bits per heavy atom. The lowest BCUT2D eigenvalue weighted by Gasteiger charge is -2.25. The molecule has 0 fully saturated rings. The largest absolute Gasteiger partial charge is 0.458 e. The van der Waals surface area contributed by atoms with Gasteiger partial charge in [0, 0.05) is 6.42 Å². The van der Waals surface area contributed by atoms with Crippen LogP contribution in [0.15, 0.2) is 42.5 Å². The van der Waals surface area contributed by atoms with E-state index in [4.69, 9.17) is 4.74 Å². The highest BCUT2D eigenvalue weighted by Crippen LogP contribution is 2.15. The van der Waals surface area contributed by atoms with Gasteiger partial charge in [-0.25, -0.2) is 4.79 Å². The molecule has 0 aliphatic carbocycles. The van der Waals surface area contributed by atoms with Crippen LogP contribution in [0.3, 0.4) is 0 Å². The van der Waals surface area contributed by atoms with Gasteiger partial charge in [0.1, 0.15) is 17.5 Å². The first-order chi connectivity index (χ1) is 11.9. The van der Waals surface area contributed by atoms with E-state index in [9.17, 15) is 4.79 Å². The summed E-state index contributed by atoms with van der Waals surface area (Å²) >= 11 is 0. The average Bonchev–Trinajstić information content (AvgIpc) is 3.01. The molecule has 0 aliphatic rings. The molecule has 130 valence electrons. The summed E-state index contributed by atoms with van der Waals surface area (Å²) in [5, 5.41) is 18.5. The Bertz CT molecular complexity index is 856. The zero-order chi connectivity index (χ0) is 17.9. The molecule has 3 aromatic rings. The van der Waals surface area contributed by atoms with Crippen LogP contribution in [-0.2, 0) is 16.0 Å². The van der Waals surface area contributed by atoms with Crippen LogP contribution in [0.4, 0.5) is 5.82 Å². The number of nitrogens with zero attached hydrogens (tertiary/aromatic N) is 5. The number of nitrogens with one attached hydrogen (secondary N) is 1. The summed E-state index contributed by atoms with van der Waals surface area (Å²) in [6, 6.07) is 12.6. The number of carbonyl (C=O) groups excluding carboxylic acids is 1. The lowest BCUT2D eigenvalue weighted by Crippen LogP contribution is -2.38. The highest BCUT2D eigenvalue weighted by molar-refractivity contribution is 5.79. The smallest absolute Gasteiger partial charge is 0.329 e. The minimum atomic E-state index is -0.581. The zero-order valence-corrected chi connectivity index (χ0v) is 14.4. The van der Waals surface area contributed by atoms with Crippen molar-refractivity contribution in [3.8, 4) is 0 Å². The zero-order valence-electron chi connectivity index (χ0n) is 14.4. The summed E-state index contributed by atoms with van der Waals surface area (Å²) in [6.45, 7) is 5.53. The summed E-state index contributed by atoms with van der Waals surface area (Å²) in [4.78, 5) is 12.6. The van der Waals surface area contributed by atoms with E-state index in [1.165, 1.54) is 4.63 Å². The van der Waals surface area contributed by atoms with Gasteiger partial charge in [-0.3, -0.25) is 0 Å². The number of esters is 1. The van der Waals surface area contributed by atoms with E-state index < -0.39 is 11.6 Å². The maximum Gasteiger partial charge on any atom is 0.329 e. The fourth-order valence-electron chi connectivity index (χ4n) is 2.32. The van der Waals surface area contributed by atoms with Crippen LogP contribution in [-0.4, -0.2) is 42.9 Å². The fourth-order valence-corrected chi connectivity index (χ4v) is 2.32. The van der Waals surface area contributed by atoms with Crippen molar-refractivity contribution in [3.05, 3.63) is 48.0 Å². The van der Waals surface area contributed by atoms with E-state index in [1.54, 1.807) is 12.1 Å². The number of fused-ring (bicyclic) bond motifs is 1. The normalized spacial score (nSPS) is 12.8. The number of rotatable bonds is 5. The van der Waals surface area contributed by atoms with Gasteiger partial charge in [0.2, 0.25) is 0 Å². The number of aromatic nitrogens is 5. The summed E-state index contributed by atoms with van der Waals surface area (Å²) in [7, 11) is 0. The molecule has 0 aliphatic heterocycles. The van der Waals surface area contributed by atoms with Crippen molar-refractivity contribution in [2.75, 3.05) is 5.32 Å². The molecular formula is C17H20N6O2. The Morgan fingerprint density at radius 3 is 2.68 bits per heavy atom. The van der Waals surface area contributed by atoms with Crippen LogP contribution >= 0.6 is 0 Å². The molecule has 1 atom stereocenters. The minimum Gasteiger partial charge on any atom is -0.458 e. The molecule has 8 heteroatoms. The Hall–Kier alpha value is -3.03. The first-order valence-electron chi connectivity index (χ1n) is 7.99. The third-order valence-corrected chi connectivity index (χ3v) is 3.37. The van der Waals surface area contributed by atoms with Crippen LogP contribution in [0.2, 0.25) is 0 Å². The molecule has 0 amide bonds. The maximum atomic E-state index is 12.6. The second-order valence-electron chi connectivity index (χ2n) is 6.67. The lowest BCUT2D eigenvalue weighted by atomic mass is 10.1. The van der Waals surface area contributed by atoms with Crippen LogP contribution < -0.4 is 5.32 Å². The monoisotopic (exact) mass is 340 g/mol. The highest BCUT2D eigenvalue weighted by atomic mass is 16.6.